The molecule has 1 unspecified atom stereocenters. The van der Waals surface area contributed by atoms with Crippen LogP contribution in [-0.2, 0) is 11.3 Å². The smallest absolute Gasteiger partial charge is 0.226 e. The van der Waals surface area contributed by atoms with Crippen molar-refractivity contribution in [1.29, 1.82) is 0 Å². The van der Waals surface area contributed by atoms with Gasteiger partial charge in [-0.2, -0.15) is 9.97 Å². The predicted octanol–water partition coefficient (Wildman–Crippen LogP) is 3.08. The molecule has 4 heterocycles. The third-order valence-electron chi connectivity index (χ3n) is 4.34. The molecule has 0 radical (unpaired) electrons. The lowest BCUT2D eigenvalue weighted by Gasteiger charge is -2.23. The maximum absolute atomic E-state index is 5.88. The van der Waals surface area contributed by atoms with Gasteiger partial charge in [0.05, 0.1) is 12.9 Å². The first-order valence-electron chi connectivity index (χ1n) is 8.57. The highest BCUT2D eigenvalue weighted by Crippen LogP contribution is 2.28. The lowest BCUT2D eigenvalue weighted by atomic mass is 10.2. The average molecular weight is 342 g/mol. The first-order valence-corrected chi connectivity index (χ1v) is 8.57. The topological polar surface area (TPSA) is 90.0 Å². The summed E-state index contributed by atoms with van der Waals surface area (Å²) in [6, 6.07) is 3.90. The summed E-state index contributed by atoms with van der Waals surface area (Å²) < 4.78 is 13.5. The van der Waals surface area contributed by atoms with Gasteiger partial charge in [0.1, 0.15) is 17.7 Å². The first-order chi connectivity index (χ1) is 12.2. The van der Waals surface area contributed by atoms with Crippen LogP contribution in [0, 0.1) is 6.92 Å². The van der Waals surface area contributed by atoms with Crippen LogP contribution >= 0.6 is 0 Å². The normalized spacial score (nSPS) is 17.8. The van der Waals surface area contributed by atoms with E-state index in [0.29, 0.717) is 18.3 Å². The van der Waals surface area contributed by atoms with Crippen LogP contribution in [0.25, 0.3) is 11.2 Å². The monoisotopic (exact) mass is 342 g/mol. The van der Waals surface area contributed by atoms with Crippen molar-refractivity contribution in [2.24, 2.45) is 0 Å². The molecule has 2 N–H and O–H groups in total. The summed E-state index contributed by atoms with van der Waals surface area (Å²) in [5, 5.41) is 6.32. The van der Waals surface area contributed by atoms with Crippen molar-refractivity contribution in [3.63, 3.8) is 0 Å². The van der Waals surface area contributed by atoms with Crippen molar-refractivity contribution in [3.8, 4) is 0 Å². The molecule has 0 bridgehead atoms. The molecule has 1 saturated heterocycles. The summed E-state index contributed by atoms with van der Waals surface area (Å²) in [5.41, 5.74) is 1.50. The van der Waals surface area contributed by atoms with Crippen molar-refractivity contribution in [2.45, 2.75) is 39.0 Å². The highest BCUT2D eigenvalue weighted by Gasteiger charge is 2.21. The summed E-state index contributed by atoms with van der Waals surface area (Å²) in [7, 11) is 1.80. The molecule has 1 aliphatic heterocycles. The number of furan rings is 1. The van der Waals surface area contributed by atoms with Crippen molar-refractivity contribution >= 4 is 22.9 Å². The van der Waals surface area contributed by atoms with Gasteiger partial charge in [0, 0.05) is 13.7 Å². The molecule has 132 valence electrons. The number of fused-ring (bicyclic) bond motifs is 1. The molecule has 4 rings (SSSR count). The van der Waals surface area contributed by atoms with Crippen LogP contribution in [0.5, 0.6) is 0 Å². The number of nitrogens with zero attached hydrogens (tertiary/aromatic N) is 4. The van der Waals surface area contributed by atoms with Gasteiger partial charge in [0.25, 0.3) is 0 Å². The van der Waals surface area contributed by atoms with Gasteiger partial charge in [0.15, 0.2) is 17.0 Å². The minimum atomic E-state index is -0.0149. The summed E-state index contributed by atoms with van der Waals surface area (Å²) in [4.78, 5) is 13.6. The zero-order valence-electron chi connectivity index (χ0n) is 14.5. The van der Waals surface area contributed by atoms with E-state index in [1.54, 1.807) is 13.4 Å². The minimum absolute atomic E-state index is 0.0149. The lowest BCUT2D eigenvalue weighted by Crippen LogP contribution is -2.18. The zero-order valence-corrected chi connectivity index (χ0v) is 14.5. The third-order valence-corrected chi connectivity index (χ3v) is 4.34. The Morgan fingerprint density at radius 2 is 2.20 bits per heavy atom. The molecule has 0 aromatic carbocycles. The van der Waals surface area contributed by atoms with E-state index < -0.39 is 0 Å². The van der Waals surface area contributed by atoms with Gasteiger partial charge < -0.3 is 19.8 Å². The summed E-state index contributed by atoms with van der Waals surface area (Å²) in [6.45, 7) is 3.24. The van der Waals surface area contributed by atoms with Crippen molar-refractivity contribution in [1.82, 2.24) is 19.5 Å². The van der Waals surface area contributed by atoms with Gasteiger partial charge in [-0.15, -0.1) is 0 Å². The third kappa shape index (κ3) is 3.17. The Kier molecular flexibility index (Phi) is 4.27. The van der Waals surface area contributed by atoms with E-state index in [1.165, 1.54) is 0 Å². The molecule has 8 nitrogen and oxygen atoms in total. The van der Waals surface area contributed by atoms with Crippen LogP contribution in [0.3, 0.4) is 0 Å². The number of hydrogen-bond acceptors (Lipinski definition) is 7. The molecular formula is C17H22N6O2. The van der Waals surface area contributed by atoms with Crippen LogP contribution < -0.4 is 10.6 Å². The van der Waals surface area contributed by atoms with Gasteiger partial charge in [-0.3, -0.25) is 4.57 Å². The quantitative estimate of drug-likeness (QED) is 0.736. The average Bonchev–Trinajstić information content (AvgIpc) is 3.26. The van der Waals surface area contributed by atoms with Crippen LogP contribution in [0.2, 0.25) is 0 Å². The predicted molar refractivity (Wildman–Crippen MR) is 94.5 cm³/mol. The Morgan fingerprint density at radius 1 is 1.28 bits per heavy atom. The van der Waals surface area contributed by atoms with Crippen LogP contribution in [0.1, 0.15) is 37.0 Å². The Hall–Kier alpha value is -2.61. The number of imidazole rings is 1. The van der Waals surface area contributed by atoms with Crippen molar-refractivity contribution in [2.75, 3.05) is 24.3 Å². The van der Waals surface area contributed by atoms with Crippen LogP contribution in [-0.4, -0.2) is 33.2 Å². The second-order valence-corrected chi connectivity index (χ2v) is 6.16. The SMILES string of the molecule is CNc1nc(NCc2ccc(C)o2)c2ncn(C3CCCCO3)c2n1. The number of anilines is 2. The molecule has 0 saturated carbocycles. The lowest BCUT2D eigenvalue weighted by molar-refractivity contribution is -0.0298. The molecule has 3 aromatic heterocycles. The zero-order chi connectivity index (χ0) is 17.2. The van der Waals surface area contributed by atoms with E-state index in [2.05, 4.69) is 25.6 Å². The fourth-order valence-corrected chi connectivity index (χ4v) is 3.06. The fourth-order valence-electron chi connectivity index (χ4n) is 3.06. The van der Waals surface area contributed by atoms with Gasteiger partial charge >= 0.3 is 0 Å². The van der Waals surface area contributed by atoms with Gasteiger partial charge in [0.2, 0.25) is 5.95 Å². The molecular weight excluding hydrogens is 320 g/mol. The standard InChI is InChI=1S/C17H22N6O2/c1-11-6-7-12(25-11)9-19-15-14-16(22-17(18-2)21-15)23(10-20-14)13-5-3-4-8-24-13/h6-7,10,13H,3-5,8-9H2,1-2H3,(H2,18,19,21,22). The van der Waals surface area contributed by atoms with E-state index in [4.69, 9.17) is 9.15 Å². The number of ether oxygens (including phenoxy) is 1. The molecule has 0 amide bonds. The number of rotatable bonds is 5. The molecule has 3 aromatic rings. The first kappa shape index (κ1) is 15.9. The highest BCUT2D eigenvalue weighted by molar-refractivity contribution is 5.84. The van der Waals surface area contributed by atoms with Gasteiger partial charge in [-0.1, -0.05) is 0 Å². The maximum Gasteiger partial charge on any atom is 0.226 e. The molecule has 0 aliphatic carbocycles. The molecule has 1 atom stereocenters. The highest BCUT2D eigenvalue weighted by atomic mass is 16.5. The minimum Gasteiger partial charge on any atom is -0.465 e. The largest absolute Gasteiger partial charge is 0.465 e. The van der Waals surface area contributed by atoms with Gasteiger partial charge in [-0.25, -0.2) is 4.98 Å². The van der Waals surface area contributed by atoms with E-state index in [-0.39, 0.29) is 6.23 Å². The molecule has 0 spiro atoms. The van der Waals surface area contributed by atoms with Crippen molar-refractivity contribution < 1.29 is 9.15 Å². The fraction of sp³-hybridized carbons (Fsp3) is 0.471. The number of nitrogens with one attached hydrogen (secondary N) is 2. The second-order valence-electron chi connectivity index (χ2n) is 6.16. The van der Waals surface area contributed by atoms with Crippen molar-refractivity contribution in [3.05, 3.63) is 30.0 Å². The molecule has 1 fully saturated rings. The Bertz CT molecular complexity index is 865. The number of aryl methyl sites for hydroxylation is 1. The molecule has 25 heavy (non-hydrogen) atoms. The van der Waals surface area contributed by atoms with Gasteiger partial charge in [-0.05, 0) is 38.3 Å². The summed E-state index contributed by atoms with van der Waals surface area (Å²) in [6.07, 6.45) is 5.00. The van der Waals surface area contributed by atoms with Crippen LogP contribution in [0.4, 0.5) is 11.8 Å². The van der Waals surface area contributed by atoms with Crippen LogP contribution in [0.15, 0.2) is 22.9 Å². The Labute approximate surface area is 145 Å². The van der Waals surface area contributed by atoms with E-state index in [0.717, 1.165) is 48.6 Å². The Balaban J connectivity index is 1.67. The Morgan fingerprint density at radius 3 is 2.92 bits per heavy atom. The van der Waals surface area contributed by atoms with E-state index >= 15 is 0 Å². The van der Waals surface area contributed by atoms with E-state index in [1.807, 2.05) is 23.6 Å². The van der Waals surface area contributed by atoms with E-state index in [9.17, 15) is 0 Å². The maximum atomic E-state index is 5.88. The molecule has 8 heteroatoms. The summed E-state index contributed by atoms with van der Waals surface area (Å²) >= 11 is 0. The molecule has 1 aliphatic rings. The number of hydrogen-bond donors (Lipinski definition) is 2. The second kappa shape index (κ2) is 6.72. The number of aromatic nitrogens is 4. The summed E-state index contributed by atoms with van der Waals surface area (Å²) in [5.74, 6) is 2.96.